The third kappa shape index (κ3) is 2.77. The fourth-order valence-corrected chi connectivity index (χ4v) is 2.19. The lowest BCUT2D eigenvalue weighted by molar-refractivity contribution is -0.148. The van der Waals surface area contributed by atoms with E-state index in [0.29, 0.717) is 19.1 Å². The Bertz CT molecular complexity index is 315. The highest BCUT2D eigenvalue weighted by Gasteiger charge is 2.43. The van der Waals surface area contributed by atoms with Crippen molar-refractivity contribution in [2.45, 2.75) is 38.8 Å². The van der Waals surface area contributed by atoms with Crippen LogP contribution in [-0.4, -0.2) is 48.6 Å². The van der Waals surface area contributed by atoms with E-state index < -0.39 is 0 Å². The summed E-state index contributed by atoms with van der Waals surface area (Å²) in [6.07, 6.45) is 2.09. The molecule has 0 aromatic rings. The van der Waals surface area contributed by atoms with Crippen molar-refractivity contribution >= 4 is 11.8 Å². The summed E-state index contributed by atoms with van der Waals surface area (Å²) in [7, 11) is 0. The van der Waals surface area contributed by atoms with E-state index in [0.717, 1.165) is 12.8 Å². The average molecular weight is 240 g/mol. The van der Waals surface area contributed by atoms with E-state index >= 15 is 0 Å². The van der Waals surface area contributed by atoms with Crippen LogP contribution in [-0.2, 0) is 14.3 Å². The molecular weight excluding hydrogens is 220 g/mol. The predicted molar refractivity (Wildman–Crippen MR) is 62.3 cm³/mol. The number of carbonyl (C=O) groups is 2. The standard InChI is InChI=1S/C12H20N2O3/c1-3-17-7-8(2)14-6-10(15)13-11(12(14)16)9-4-5-9/h8-9,11H,3-7H2,1-2H3,(H,13,15). The van der Waals surface area contributed by atoms with Crippen LogP contribution in [0.25, 0.3) is 0 Å². The number of piperazine rings is 1. The van der Waals surface area contributed by atoms with Gasteiger partial charge in [0.15, 0.2) is 0 Å². The van der Waals surface area contributed by atoms with Gasteiger partial charge >= 0.3 is 0 Å². The van der Waals surface area contributed by atoms with Gasteiger partial charge in [-0.05, 0) is 32.6 Å². The second-order valence-electron chi connectivity index (χ2n) is 4.86. The fourth-order valence-electron chi connectivity index (χ4n) is 2.19. The zero-order valence-corrected chi connectivity index (χ0v) is 10.4. The van der Waals surface area contributed by atoms with Crippen molar-refractivity contribution in [1.82, 2.24) is 10.2 Å². The fraction of sp³-hybridized carbons (Fsp3) is 0.833. The first-order chi connectivity index (χ1) is 8.13. The van der Waals surface area contributed by atoms with Gasteiger partial charge in [0.05, 0.1) is 19.2 Å². The summed E-state index contributed by atoms with van der Waals surface area (Å²) in [5.41, 5.74) is 0. The van der Waals surface area contributed by atoms with E-state index in [1.54, 1.807) is 4.90 Å². The summed E-state index contributed by atoms with van der Waals surface area (Å²) in [6.45, 7) is 5.13. The second-order valence-corrected chi connectivity index (χ2v) is 4.86. The minimum absolute atomic E-state index is 0.0326. The summed E-state index contributed by atoms with van der Waals surface area (Å²) in [4.78, 5) is 25.5. The SMILES string of the molecule is CCOCC(C)N1CC(=O)NC(C2CC2)C1=O. The van der Waals surface area contributed by atoms with Crippen LogP contribution in [0.3, 0.4) is 0 Å². The van der Waals surface area contributed by atoms with Crippen LogP contribution >= 0.6 is 0 Å². The number of hydrogen-bond donors (Lipinski definition) is 1. The van der Waals surface area contributed by atoms with Crippen molar-refractivity contribution in [3.05, 3.63) is 0 Å². The Kier molecular flexibility index (Phi) is 3.66. The molecule has 0 aromatic carbocycles. The van der Waals surface area contributed by atoms with Gasteiger partial charge in [0.1, 0.15) is 6.04 Å². The Labute approximate surface area is 101 Å². The second kappa shape index (κ2) is 5.04. The van der Waals surface area contributed by atoms with Crippen LogP contribution in [0.1, 0.15) is 26.7 Å². The summed E-state index contributed by atoms with van der Waals surface area (Å²) in [5.74, 6) is 0.359. The first kappa shape index (κ1) is 12.4. The number of hydrogen-bond acceptors (Lipinski definition) is 3. The molecule has 2 atom stereocenters. The molecule has 2 unspecified atom stereocenters. The number of ether oxygens (including phenoxy) is 1. The third-order valence-electron chi connectivity index (χ3n) is 3.37. The molecule has 96 valence electrons. The van der Waals surface area contributed by atoms with Gasteiger partial charge in [0, 0.05) is 6.61 Å². The van der Waals surface area contributed by atoms with Crippen LogP contribution in [0.4, 0.5) is 0 Å². The van der Waals surface area contributed by atoms with E-state index in [9.17, 15) is 9.59 Å². The Balaban J connectivity index is 1.99. The highest BCUT2D eigenvalue weighted by molar-refractivity contribution is 5.95. The van der Waals surface area contributed by atoms with Gasteiger partial charge in [-0.15, -0.1) is 0 Å². The molecule has 5 nitrogen and oxygen atoms in total. The Morgan fingerprint density at radius 3 is 2.76 bits per heavy atom. The molecule has 0 spiro atoms. The molecule has 0 bridgehead atoms. The molecule has 1 aliphatic carbocycles. The molecule has 1 saturated heterocycles. The summed E-state index contributed by atoms with van der Waals surface area (Å²) in [6, 6.07) is -0.324. The van der Waals surface area contributed by atoms with E-state index in [1.807, 2.05) is 13.8 Å². The predicted octanol–water partition coefficient (Wildman–Crippen LogP) is 0.148. The van der Waals surface area contributed by atoms with Gasteiger partial charge < -0.3 is 15.0 Å². The molecule has 0 aromatic heterocycles. The van der Waals surface area contributed by atoms with Crippen LogP contribution in [0.2, 0.25) is 0 Å². The first-order valence-electron chi connectivity index (χ1n) is 6.31. The average Bonchev–Trinajstić information content (AvgIpc) is 3.12. The normalized spacial score (nSPS) is 26.9. The van der Waals surface area contributed by atoms with Gasteiger partial charge in [0.25, 0.3) is 0 Å². The summed E-state index contributed by atoms with van der Waals surface area (Å²) >= 11 is 0. The highest BCUT2D eigenvalue weighted by Crippen LogP contribution is 2.34. The lowest BCUT2D eigenvalue weighted by atomic mass is 10.1. The van der Waals surface area contributed by atoms with Gasteiger partial charge in [-0.1, -0.05) is 0 Å². The Morgan fingerprint density at radius 2 is 2.18 bits per heavy atom. The monoisotopic (exact) mass is 240 g/mol. The maximum absolute atomic E-state index is 12.2. The van der Waals surface area contributed by atoms with Crippen molar-refractivity contribution in [1.29, 1.82) is 0 Å². The molecule has 2 aliphatic rings. The number of nitrogens with zero attached hydrogens (tertiary/aromatic N) is 1. The molecule has 17 heavy (non-hydrogen) atoms. The lowest BCUT2D eigenvalue weighted by Crippen LogP contribution is -2.61. The third-order valence-corrected chi connectivity index (χ3v) is 3.37. The minimum Gasteiger partial charge on any atom is -0.380 e. The Morgan fingerprint density at radius 1 is 1.47 bits per heavy atom. The van der Waals surface area contributed by atoms with Crippen molar-refractivity contribution in [3.63, 3.8) is 0 Å². The molecule has 1 heterocycles. The van der Waals surface area contributed by atoms with Gasteiger partial charge in [-0.3, -0.25) is 9.59 Å². The van der Waals surface area contributed by atoms with E-state index in [1.165, 1.54) is 0 Å². The van der Waals surface area contributed by atoms with Gasteiger partial charge in [-0.2, -0.15) is 0 Å². The number of carbonyl (C=O) groups excluding carboxylic acids is 2. The van der Waals surface area contributed by atoms with Crippen molar-refractivity contribution < 1.29 is 14.3 Å². The number of nitrogens with one attached hydrogen (secondary N) is 1. The molecule has 0 radical (unpaired) electrons. The molecule has 1 N–H and O–H groups in total. The minimum atomic E-state index is -0.291. The van der Waals surface area contributed by atoms with Crippen LogP contribution in [0.5, 0.6) is 0 Å². The molecule has 1 saturated carbocycles. The number of amides is 2. The largest absolute Gasteiger partial charge is 0.380 e. The van der Waals surface area contributed by atoms with Crippen LogP contribution in [0, 0.1) is 5.92 Å². The lowest BCUT2D eigenvalue weighted by Gasteiger charge is -2.36. The molecule has 1 aliphatic heterocycles. The molecule has 5 heteroatoms. The van der Waals surface area contributed by atoms with Gasteiger partial charge in [-0.25, -0.2) is 0 Å². The summed E-state index contributed by atoms with van der Waals surface area (Å²) < 4.78 is 5.32. The van der Waals surface area contributed by atoms with Crippen LogP contribution < -0.4 is 5.32 Å². The smallest absolute Gasteiger partial charge is 0.246 e. The number of rotatable bonds is 5. The molecule has 2 amide bonds. The Hall–Kier alpha value is -1.10. The van der Waals surface area contributed by atoms with Crippen LogP contribution in [0.15, 0.2) is 0 Å². The molecular formula is C12H20N2O3. The van der Waals surface area contributed by atoms with E-state index in [4.69, 9.17) is 4.74 Å². The zero-order chi connectivity index (χ0) is 12.4. The van der Waals surface area contributed by atoms with Crippen molar-refractivity contribution in [3.8, 4) is 0 Å². The summed E-state index contributed by atoms with van der Waals surface area (Å²) in [5, 5.41) is 2.80. The highest BCUT2D eigenvalue weighted by atomic mass is 16.5. The van der Waals surface area contributed by atoms with Crippen molar-refractivity contribution in [2.24, 2.45) is 5.92 Å². The first-order valence-corrected chi connectivity index (χ1v) is 6.31. The van der Waals surface area contributed by atoms with Crippen molar-refractivity contribution in [2.75, 3.05) is 19.8 Å². The maximum atomic E-state index is 12.2. The maximum Gasteiger partial charge on any atom is 0.246 e. The van der Waals surface area contributed by atoms with E-state index in [2.05, 4.69) is 5.32 Å². The quantitative estimate of drug-likeness (QED) is 0.744. The zero-order valence-electron chi connectivity index (χ0n) is 10.4. The topological polar surface area (TPSA) is 58.6 Å². The molecule has 2 rings (SSSR count). The molecule has 2 fully saturated rings. The van der Waals surface area contributed by atoms with E-state index in [-0.39, 0.29) is 30.4 Å². The van der Waals surface area contributed by atoms with Gasteiger partial charge in [0.2, 0.25) is 11.8 Å².